The van der Waals surface area contributed by atoms with E-state index in [4.69, 9.17) is 4.42 Å². The average Bonchev–Trinajstić information content (AvgIpc) is 2.90. The third-order valence-electron chi connectivity index (χ3n) is 5.72. The van der Waals surface area contributed by atoms with E-state index in [-0.39, 0.29) is 18.1 Å². The van der Waals surface area contributed by atoms with E-state index >= 15 is 0 Å². The smallest absolute Gasteiger partial charge is 0.318 e. The van der Waals surface area contributed by atoms with Crippen molar-refractivity contribution in [1.29, 1.82) is 0 Å². The molecular formula is C23H27N3O2. The van der Waals surface area contributed by atoms with Gasteiger partial charge in [0.1, 0.15) is 11.3 Å². The molecule has 146 valence electrons. The zero-order chi connectivity index (χ0) is 19.5. The molecule has 1 N–H and O–H groups in total. The lowest BCUT2D eigenvalue weighted by molar-refractivity contribution is 0.171. The van der Waals surface area contributed by atoms with Crippen molar-refractivity contribution in [3.8, 4) is 0 Å². The summed E-state index contributed by atoms with van der Waals surface area (Å²) in [6.45, 7) is 4.81. The second kappa shape index (κ2) is 8.05. The van der Waals surface area contributed by atoms with E-state index in [1.807, 2.05) is 42.2 Å². The average molecular weight is 377 g/mol. The van der Waals surface area contributed by atoms with E-state index in [1.165, 1.54) is 0 Å². The lowest BCUT2D eigenvalue weighted by Gasteiger charge is -2.31. The molecule has 0 radical (unpaired) electrons. The number of aryl methyl sites for hydroxylation is 1. The highest BCUT2D eigenvalue weighted by molar-refractivity contribution is 5.82. The lowest BCUT2D eigenvalue weighted by atomic mass is 10.0. The maximum absolute atomic E-state index is 13.2. The van der Waals surface area contributed by atoms with Crippen molar-refractivity contribution < 1.29 is 9.21 Å². The number of benzene rings is 1. The molecule has 3 aromatic rings. The number of amides is 2. The Kier molecular flexibility index (Phi) is 5.33. The maximum atomic E-state index is 13.2. The summed E-state index contributed by atoms with van der Waals surface area (Å²) in [5.41, 5.74) is 3.10. The quantitative estimate of drug-likeness (QED) is 0.653. The second-order valence-electron chi connectivity index (χ2n) is 7.60. The van der Waals surface area contributed by atoms with E-state index in [0.717, 1.165) is 60.1 Å². The Morgan fingerprint density at radius 3 is 2.75 bits per heavy atom. The van der Waals surface area contributed by atoms with Gasteiger partial charge >= 0.3 is 6.03 Å². The number of urea groups is 1. The van der Waals surface area contributed by atoms with Crippen LogP contribution in [0.25, 0.3) is 11.0 Å². The molecule has 1 fully saturated rings. The van der Waals surface area contributed by atoms with Crippen molar-refractivity contribution in [1.82, 2.24) is 15.2 Å². The molecule has 1 aliphatic rings. The molecule has 0 bridgehead atoms. The van der Waals surface area contributed by atoms with E-state index < -0.39 is 0 Å². The van der Waals surface area contributed by atoms with Crippen molar-refractivity contribution >= 4 is 17.0 Å². The van der Waals surface area contributed by atoms with Crippen molar-refractivity contribution in [3.05, 3.63) is 65.7 Å². The van der Waals surface area contributed by atoms with Gasteiger partial charge in [-0.25, -0.2) is 4.79 Å². The van der Waals surface area contributed by atoms with Gasteiger partial charge < -0.3 is 14.6 Å². The molecule has 0 unspecified atom stereocenters. The Hall–Kier alpha value is -2.82. The van der Waals surface area contributed by atoms with Crippen LogP contribution < -0.4 is 5.32 Å². The molecule has 4 rings (SSSR count). The van der Waals surface area contributed by atoms with Gasteiger partial charge in [-0.15, -0.1) is 0 Å². The van der Waals surface area contributed by atoms with Crippen molar-refractivity contribution in [3.63, 3.8) is 0 Å². The normalized spacial score (nSPS) is 18.6. The van der Waals surface area contributed by atoms with Crippen molar-refractivity contribution in [2.45, 2.75) is 51.6 Å². The van der Waals surface area contributed by atoms with Crippen LogP contribution in [0.15, 0.2) is 53.2 Å². The SMILES string of the molecule is Cc1c([C@@H](C)NC(=O)N2CCCCC[C@H]2c2ccncc2)oc2ccccc12. The van der Waals surface area contributed by atoms with Gasteiger partial charge in [0.15, 0.2) is 0 Å². The number of hydrogen-bond acceptors (Lipinski definition) is 3. The Labute approximate surface area is 165 Å². The van der Waals surface area contributed by atoms with Crippen LogP contribution in [-0.2, 0) is 0 Å². The minimum absolute atomic E-state index is 0.0314. The Bertz CT molecular complexity index is 951. The molecule has 0 saturated carbocycles. The number of para-hydroxylation sites is 1. The van der Waals surface area contributed by atoms with E-state index in [9.17, 15) is 4.79 Å². The Morgan fingerprint density at radius 2 is 1.96 bits per heavy atom. The summed E-state index contributed by atoms with van der Waals surface area (Å²) in [4.78, 5) is 19.3. The molecule has 0 aliphatic carbocycles. The molecular weight excluding hydrogens is 350 g/mol. The zero-order valence-corrected chi connectivity index (χ0v) is 16.5. The van der Waals surface area contributed by atoms with Crippen molar-refractivity contribution in [2.24, 2.45) is 0 Å². The van der Waals surface area contributed by atoms with E-state index in [1.54, 1.807) is 12.4 Å². The van der Waals surface area contributed by atoms with Crippen LogP contribution in [0, 0.1) is 6.92 Å². The highest BCUT2D eigenvalue weighted by Gasteiger charge is 2.28. The van der Waals surface area contributed by atoms with Gasteiger partial charge in [-0.2, -0.15) is 0 Å². The van der Waals surface area contributed by atoms with Crippen LogP contribution in [0.4, 0.5) is 4.79 Å². The largest absolute Gasteiger partial charge is 0.459 e. The molecule has 28 heavy (non-hydrogen) atoms. The number of carbonyl (C=O) groups excluding carboxylic acids is 1. The van der Waals surface area contributed by atoms with E-state index in [2.05, 4.69) is 23.3 Å². The summed E-state index contributed by atoms with van der Waals surface area (Å²) >= 11 is 0. The number of pyridine rings is 1. The minimum Gasteiger partial charge on any atom is -0.459 e. The van der Waals surface area contributed by atoms with Gasteiger partial charge in [0.2, 0.25) is 0 Å². The first kappa shape index (κ1) is 18.5. The van der Waals surface area contributed by atoms with Gasteiger partial charge in [-0.1, -0.05) is 31.0 Å². The molecule has 2 aromatic heterocycles. The highest BCUT2D eigenvalue weighted by Crippen LogP contribution is 2.32. The molecule has 1 aliphatic heterocycles. The first-order valence-corrected chi connectivity index (χ1v) is 10.1. The Balaban J connectivity index is 1.55. The van der Waals surface area contributed by atoms with Gasteiger partial charge in [0, 0.05) is 29.9 Å². The fraction of sp³-hybridized carbons (Fsp3) is 0.391. The van der Waals surface area contributed by atoms with Crippen LogP contribution in [0.5, 0.6) is 0 Å². The summed E-state index contributed by atoms with van der Waals surface area (Å²) in [6.07, 6.45) is 7.91. The highest BCUT2D eigenvalue weighted by atomic mass is 16.3. The first-order valence-electron chi connectivity index (χ1n) is 10.1. The zero-order valence-electron chi connectivity index (χ0n) is 16.5. The number of rotatable bonds is 3. The standard InChI is InChI=1S/C23H27N3O2/c1-16-19-8-5-6-10-21(19)28-22(16)17(2)25-23(27)26-15-7-3-4-9-20(26)18-11-13-24-14-12-18/h5-6,8,10-14,17,20H,3-4,7,9,15H2,1-2H3,(H,25,27)/t17-,20+/m1/s1. The fourth-order valence-electron chi connectivity index (χ4n) is 4.22. The van der Waals surface area contributed by atoms with Crippen LogP contribution >= 0.6 is 0 Å². The number of carbonyl (C=O) groups is 1. The van der Waals surface area contributed by atoms with Gasteiger partial charge in [0.05, 0.1) is 12.1 Å². The first-order chi connectivity index (χ1) is 13.6. The summed E-state index contributed by atoms with van der Waals surface area (Å²) in [5.74, 6) is 0.824. The van der Waals surface area contributed by atoms with Crippen LogP contribution in [-0.4, -0.2) is 22.5 Å². The van der Waals surface area contributed by atoms with Crippen molar-refractivity contribution in [2.75, 3.05) is 6.54 Å². The van der Waals surface area contributed by atoms with Gasteiger partial charge in [-0.05, 0) is 50.5 Å². The predicted molar refractivity (Wildman–Crippen MR) is 110 cm³/mol. The van der Waals surface area contributed by atoms with E-state index in [0.29, 0.717) is 0 Å². The molecule has 2 amide bonds. The van der Waals surface area contributed by atoms with Crippen LogP contribution in [0.2, 0.25) is 0 Å². The molecule has 1 aromatic carbocycles. The number of likely N-dealkylation sites (tertiary alicyclic amines) is 1. The number of fused-ring (bicyclic) bond motifs is 1. The minimum atomic E-state index is -0.193. The summed E-state index contributed by atoms with van der Waals surface area (Å²) in [6, 6.07) is 11.9. The number of aromatic nitrogens is 1. The molecule has 2 atom stereocenters. The number of nitrogens with zero attached hydrogens (tertiary/aromatic N) is 2. The third kappa shape index (κ3) is 3.61. The van der Waals surface area contributed by atoms with Crippen LogP contribution in [0.3, 0.4) is 0 Å². The predicted octanol–water partition coefficient (Wildman–Crippen LogP) is 5.52. The summed E-state index contributed by atoms with van der Waals surface area (Å²) in [5, 5.41) is 4.27. The topological polar surface area (TPSA) is 58.4 Å². The summed E-state index contributed by atoms with van der Waals surface area (Å²) < 4.78 is 6.04. The molecule has 5 nitrogen and oxygen atoms in total. The third-order valence-corrected chi connectivity index (χ3v) is 5.72. The van der Waals surface area contributed by atoms with Crippen LogP contribution in [0.1, 0.15) is 61.6 Å². The fourth-order valence-corrected chi connectivity index (χ4v) is 4.22. The number of furan rings is 1. The Morgan fingerprint density at radius 1 is 1.18 bits per heavy atom. The van der Waals surface area contributed by atoms with Gasteiger partial charge in [0.25, 0.3) is 0 Å². The second-order valence-corrected chi connectivity index (χ2v) is 7.60. The molecule has 3 heterocycles. The number of hydrogen-bond donors (Lipinski definition) is 1. The van der Waals surface area contributed by atoms with Gasteiger partial charge in [-0.3, -0.25) is 4.98 Å². The maximum Gasteiger partial charge on any atom is 0.318 e. The molecule has 5 heteroatoms. The number of nitrogens with one attached hydrogen (secondary N) is 1. The molecule has 0 spiro atoms. The molecule has 1 saturated heterocycles. The lowest BCUT2D eigenvalue weighted by Crippen LogP contribution is -2.43. The summed E-state index contributed by atoms with van der Waals surface area (Å²) in [7, 11) is 0. The monoisotopic (exact) mass is 377 g/mol.